The van der Waals surface area contributed by atoms with Crippen LogP contribution < -0.4 is 4.74 Å². The van der Waals surface area contributed by atoms with E-state index in [-0.39, 0.29) is 5.70 Å². The van der Waals surface area contributed by atoms with E-state index in [0.717, 1.165) is 0 Å². The van der Waals surface area contributed by atoms with Crippen LogP contribution in [0.25, 0.3) is 5.70 Å². The Balaban J connectivity index is 2.92. The van der Waals surface area contributed by atoms with Gasteiger partial charge in [0.2, 0.25) is 0 Å². The summed E-state index contributed by atoms with van der Waals surface area (Å²) in [5.74, 6) is 0.667. The zero-order chi connectivity index (χ0) is 9.84. The number of ether oxygens (including phenoxy) is 1. The van der Waals surface area contributed by atoms with Gasteiger partial charge in [-0.15, -0.1) is 0 Å². The zero-order valence-corrected chi connectivity index (χ0v) is 7.19. The summed E-state index contributed by atoms with van der Waals surface area (Å²) in [7, 11) is 1.54. The Kier molecular flexibility index (Phi) is 2.64. The van der Waals surface area contributed by atoms with E-state index in [1.165, 1.54) is 7.11 Å². The average Bonchev–Trinajstić information content (AvgIpc) is 2.17. The molecule has 0 atom stereocenters. The molecule has 1 aromatic carbocycles. The molecule has 0 aliphatic carbocycles. The van der Waals surface area contributed by atoms with Gasteiger partial charge in [0, 0.05) is 0 Å². The molecule has 4 nitrogen and oxygen atoms in total. The molecule has 0 amide bonds. The van der Waals surface area contributed by atoms with Crippen molar-refractivity contribution in [1.82, 2.24) is 0 Å². The number of benzene rings is 1. The molecule has 1 rings (SSSR count). The molecule has 4 heteroatoms. The highest BCUT2D eigenvalue weighted by atomic mass is 16.6. The molecule has 0 aromatic heterocycles. The maximum absolute atomic E-state index is 10.3. The third kappa shape index (κ3) is 2.05. The maximum atomic E-state index is 10.3. The van der Waals surface area contributed by atoms with Gasteiger partial charge in [0.05, 0.1) is 17.6 Å². The second-order valence-electron chi connectivity index (χ2n) is 2.43. The van der Waals surface area contributed by atoms with Crippen LogP contribution in [0.4, 0.5) is 0 Å². The molecule has 0 heterocycles. The van der Waals surface area contributed by atoms with Gasteiger partial charge < -0.3 is 4.74 Å². The van der Waals surface area contributed by atoms with Crippen molar-refractivity contribution >= 4 is 5.70 Å². The van der Waals surface area contributed by atoms with Gasteiger partial charge in [-0.3, -0.25) is 10.1 Å². The van der Waals surface area contributed by atoms with E-state index in [0.29, 0.717) is 11.3 Å². The lowest BCUT2D eigenvalue weighted by Gasteiger charge is -1.99. The molecule has 0 spiro atoms. The molecule has 0 fully saturated rings. The van der Waals surface area contributed by atoms with Crippen LogP contribution in [0.5, 0.6) is 5.75 Å². The van der Waals surface area contributed by atoms with Crippen molar-refractivity contribution in [2.75, 3.05) is 7.11 Å². The Bertz CT molecular complexity index is 329. The molecule has 0 aliphatic heterocycles. The molecule has 0 aliphatic rings. The predicted octanol–water partition coefficient (Wildman–Crippen LogP) is 1.94. The number of hydrogen-bond acceptors (Lipinski definition) is 3. The predicted molar refractivity (Wildman–Crippen MR) is 49.0 cm³/mol. The van der Waals surface area contributed by atoms with Gasteiger partial charge in [0.25, 0.3) is 5.70 Å². The standard InChI is InChI=1S/C9H9NO3/c1-7(10(11)12)8-3-5-9(13-2)6-4-8/h3-6H,1H2,2H3. The largest absolute Gasteiger partial charge is 0.497 e. The summed E-state index contributed by atoms with van der Waals surface area (Å²) >= 11 is 0. The van der Waals surface area contributed by atoms with Crippen LogP contribution in [0.15, 0.2) is 30.8 Å². The van der Waals surface area contributed by atoms with Crippen molar-refractivity contribution in [2.24, 2.45) is 0 Å². The molecule has 0 unspecified atom stereocenters. The van der Waals surface area contributed by atoms with Crippen molar-refractivity contribution in [1.29, 1.82) is 0 Å². The fraction of sp³-hybridized carbons (Fsp3) is 0.111. The highest BCUT2D eigenvalue weighted by Crippen LogP contribution is 2.17. The third-order valence-electron chi connectivity index (χ3n) is 1.64. The second-order valence-corrected chi connectivity index (χ2v) is 2.43. The first-order chi connectivity index (χ1) is 6.15. The van der Waals surface area contributed by atoms with E-state index in [1.54, 1.807) is 24.3 Å². The number of nitrogens with zero attached hydrogens (tertiary/aromatic N) is 1. The molecule has 0 N–H and O–H groups in total. The fourth-order valence-corrected chi connectivity index (χ4v) is 0.889. The van der Waals surface area contributed by atoms with Crippen LogP contribution >= 0.6 is 0 Å². The number of methoxy groups -OCH3 is 1. The Morgan fingerprint density at radius 3 is 2.38 bits per heavy atom. The first-order valence-electron chi connectivity index (χ1n) is 3.63. The number of hydrogen-bond donors (Lipinski definition) is 0. The Labute approximate surface area is 75.6 Å². The quantitative estimate of drug-likeness (QED) is 0.526. The van der Waals surface area contributed by atoms with Gasteiger partial charge in [-0.05, 0) is 30.8 Å². The molecule has 0 saturated heterocycles. The Morgan fingerprint density at radius 2 is 2.00 bits per heavy atom. The van der Waals surface area contributed by atoms with Crippen LogP contribution in [-0.2, 0) is 0 Å². The highest BCUT2D eigenvalue weighted by molar-refractivity contribution is 5.56. The minimum absolute atomic E-state index is 0.109. The van der Waals surface area contributed by atoms with Crippen molar-refractivity contribution in [3.63, 3.8) is 0 Å². The summed E-state index contributed by atoms with van der Waals surface area (Å²) in [5.41, 5.74) is 0.383. The molecule has 0 saturated carbocycles. The summed E-state index contributed by atoms with van der Waals surface area (Å²) in [6.07, 6.45) is 0. The van der Waals surface area contributed by atoms with Gasteiger partial charge in [-0.2, -0.15) is 0 Å². The highest BCUT2D eigenvalue weighted by Gasteiger charge is 2.09. The first kappa shape index (κ1) is 9.25. The van der Waals surface area contributed by atoms with Crippen molar-refractivity contribution in [3.05, 3.63) is 46.5 Å². The van der Waals surface area contributed by atoms with E-state index in [9.17, 15) is 10.1 Å². The first-order valence-corrected chi connectivity index (χ1v) is 3.63. The van der Waals surface area contributed by atoms with Gasteiger partial charge in [-0.1, -0.05) is 0 Å². The minimum atomic E-state index is -0.512. The third-order valence-corrected chi connectivity index (χ3v) is 1.64. The smallest absolute Gasteiger partial charge is 0.269 e. The maximum Gasteiger partial charge on any atom is 0.269 e. The van der Waals surface area contributed by atoms with E-state index in [1.807, 2.05) is 0 Å². The zero-order valence-electron chi connectivity index (χ0n) is 7.19. The van der Waals surface area contributed by atoms with Crippen molar-refractivity contribution in [2.45, 2.75) is 0 Å². The lowest BCUT2D eigenvalue weighted by Crippen LogP contribution is -1.95. The Morgan fingerprint density at radius 1 is 1.46 bits per heavy atom. The number of nitro groups is 1. The molecule has 13 heavy (non-hydrogen) atoms. The van der Waals surface area contributed by atoms with Crippen molar-refractivity contribution < 1.29 is 9.66 Å². The van der Waals surface area contributed by atoms with Gasteiger partial charge >= 0.3 is 0 Å². The van der Waals surface area contributed by atoms with Crippen LogP contribution in [0.1, 0.15) is 5.56 Å². The van der Waals surface area contributed by atoms with E-state index in [2.05, 4.69) is 6.58 Å². The van der Waals surface area contributed by atoms with Crippen LogP contribution in [0.3, 0.4) is 0 Å². The second kappa shape index (κ2) is 3.71. The van der Waals surface area contributed by atoms with E-state index >= 15 is 0 Å². The SMILES string of the molecule is C=C(c1ccc(OC)cc1)[N+](=O)[O-]. The summed E-state index contributed by atoms with van der Waals surface area (Å²) < 4.78 is 4.91. The van der Waals surface area contributed by atoms with Crippen molar-refractivity contribution in [3.8, 4) is 5.75 Å². The van der Waals surface area contributed by atoms with Crippen LogP contribution in [0, 0.1) is 10.1 Å². The van der Waals surface area contributed by atoms with Gasteiger partial charge in [0.15, 0.2) is 0 Å². The summed E-state index contributed by atoms with van der Waals surface area (Å²) in [4.78, 5) is 9.82. The Hall–Kier alpha value is -1.84. The normalized spacial score (nSPS) is 9.31. The summed E-state index contributed by atoms with van der Waals surface area (Å²) in [5, 5.41) is 10.3. The summed E-state index contributed by atoms with van der Waals surface area (Å²) in [6.45, 7) is 3.34. The van der Waals surface area contributed by atoms with Crippen LogP contribution in [-0.4, -0.2) is 12.0 Å². The monoisotopic (exact) mass is 179 g/mol. The topological polar surface area (TPSA) is 52.4 Å². The van der Waals surface area contributed by atoms with Gasteiger partial charge in [-0.25, -0.2) is 0 Å². The molecule has 68 valence electrons. The molecular weight excluding hydrogens is 170 g/mol. The summed E-state index contributed by atoms with van der Waals surface area (Å²) in [6, 6.07) is 6.52. The van der Waals surface area contributed by atoms with Gasteiger partial charge in [0.1, 0.15) is 5.75 Å². The lowest BCUT2D eigenvalue weighted by molar-refractivity contribution is -0.375. The van der Waals surface area contributed by atoms with E-state index < -0.39 is 4.92 Å². The van der Waals surface area contributed by atoms with E-state index in [4.69, 9.17) is 4.74 Å². The molecule has 0 bridgehead atoms. The molecule has 1 aromatic rings. The number of rotatable bonds is 3. The fourth-order valence-electron chi connectivity index (χ4n) is 0.889. The average molecular weight is 179 g/mol. The minimum Gasteiger partial charge on any atom is -0.497 e. The lowest BCUT2D eigenvalue weighted by atomic mass is 10.2. The molecule has 0 radical (unpaired) electrons. The molecular formula is C9H9NO3. The van der Waals surface area contributed by atoms with Crippen LogP contribution in [0.2, 0.25) is 0 Å².